The molecule has 1 aromatic heterocycles. The number of allylic oxidation sites excluding steroid dienone is 1. The Kier molecular flexibility index (Phi) is 5.44. The Morgan fingerprint density at radius 1 is 1.53 bits per heavy atom. The molecule has 1 unspecified atom stereocenters. The molecule has 0 aliphatic heterocycles. The van der Waals surface area contributed by atoms with E-state index >= 15 is 0 Å². The molecule has 17 heavy (non-hydrogen) atoms. The first kappa shape index (κ1) is 14.5. The Bertz CT molecular complexity index is 355. The minimum absolute atomic E-state index is 0.0904. The zero-order chi connectivity index (χ0) is 12.9. The van der Waals surface area contributed by atoms with E-state index in [4.69, 9.17) is 0 Å². The van der Waals surface area contributed by atoms with Gasteiger partial charge in [0.2, 0.25) is 0 Å². The lowest BCUT2D eigenvalue weighted by Gasteiger charge is -2.21. The molecular weight excluding hydrogens is 276 g/mol. The smallest absolute Gasteiger partial charge is 0.0633 e. The summed E-state index contributed by atoms with van der Waals surface area (Å²) in [5.74, 6) is 0. The number of alkyl halides is 1. The summed E-state index contributed by atoms with van der Waals surface area (Å²) in [4.78, 5) is 0. The largest absolute Gasteiger partial charge is 0.269 e. The molecule has 0 bridgehead atoms. The second-order valence-corrected chi connectivity index (χ2v) is 5.49. The SMILES string of the molecule is C=CC(C)(CBr)Cc1ccn(C(CC)CC)n1. The fourth-order valence-corrected chi connectivity index (χ4v) is 2.35. The third kappa shape index (κ3) is 3.70. The van der Waals surface area contributed by atoms with Gasteiger partial charge in [0.15, 0.2) is 0 Å². The van der Waals surface area contributed by atoms with Crippen molar-refractivity contribution >= 4 is 15.9 Å². The maximum Gasteiger partial charge on any atom is 0.0633 e. The second kappa shape index (κ2) is 6.39. The van der Waals surface area contributed by atoms with Gasteiger partial charge >= 0.3 is 0 Å². The van der Waals surface area contributed by atoms with Crippen LogP contribution in [0, 0.1) is 5.41 Å². The Morgan fingerprint density at radius 3 is 2.65 bits per heavy atom. The van der Waals surface area contributed by atoms with E-state index in [-0.39, 0.29) is 5.41 Å². The molecule has 1 atom stereocenters. The third-order valence-electron chi connectivity index (χ3n) is 3.36. The van der Waals surface area contributed by atoms with Crippen LogP contribution in [0.5, 0.6) is 0 Å². The molecule has 0 aliphatic rings. The molecular formula is C14H23BrN2. The highest BCUT2D eigenvalue weighted by molar-refractivity contribution is 9.09. The summed E-state index contributed by atoms with van der Waals surface area (Å²) >= 11 is 3.55. The summed E-state index contributed by atoms with van der Waals surface area (Å²) in [6, 6.07) is 2.66. The first-order chi connectivity index (χ1) is 8.08. The van der Waals surface area contributed by atoms with Crippen LogP contribution in [0.15, 0.2) is 24.9 Å². The molecule has 0 saturated heterocycles. The van der Waals surface area contributed by atoms with Gasteiger partial charge in [-0.2, -0.15) is 5.10 Å². The van der Waals surface area contributed by atoms with Gasteiger partial charge < -0.3 is 0 Å². The van der Waals surface area contributed by atoms with E-state index in [1.165, 1.54) is 0 Å². The lowest BCUT2D eigenvalue weighted by molar-refractivity contribution is 0.417. The fourth-order valence-electron chi connectivity index (χ4n) is 1.93. The van der Waals surface area contributed by atoms with Gasteiger partial charge in [0.25, 0.3) is 0 Å². The normalized spacial score (nSPS) is 14.9. The fraction of sp³-hybridized carbons (Fsp3) is 0.643. The maximum absolute atomic E-state index is 4.68. The van der Waals surface area contributed by atoms with E-state index < -0.39 is 0 Å². The number of aromatic nitrogens is 2. The summed E-state index contributed by atoms with van der Waals surface area (Å²) in [5, 5.41) is 5.60. The molecule has 2 nitrogen and oxygen atoms in total. The Balaban J connectivity index is 2.78. The van der Waals surface area contributed by atoms with Gasteiger partial charge in [0.05, 0.1) is 11.7 Å². The van der Waals surface area contributed by atoms with Crippen molar-refractivity contribution in [1.82, 2.24) is 9.78 Å². The molecule has 0 spiro atoms. The third-order valence-corrected chi connectivity index (χ3v) is 4.64. The van der Waals surface area contributed by atoms with Crippen LogP contribution in [-0.4, -0.2) is 15.1 Å². The van der Waals surface area contributed by atoms with Crippen LogP contribution in [0.25, 0.3) is 0 Å². The van der Waals surface area contributed by atoms with Crippen molar-refractivity contribution in [2.24, 2.45) is 5.41 Å². The van der Waals surface area contributed by atoms with Crippen LogP contribution in [0.1, 0.15) is 45.3 Å². The zero-order valence-corrected chi connectivity index (χ0v) is 12.7. The van der Waals surface area contributed by atoms with Crippen molar-refractivity contribution in [2.45, 2.75) is 46.1 Å². The summed E-state index contributed by atoms with van der Waals surface area (Å²) in [7, 11) is 0. The molecule has 1 aromatic rings. The maximum atomic E-state index is 4.68. The molecule has 3 heteroatoms. The van der Waals surface area contributed by atoms with Gasteiger partial charge in [-0.3, -0.25) is 4.68 Å². The zero-order valence-electron chi connectivity index (χ0n) is 11.1. The molecule has 0 fully saturated rings. The van der Waals surface area contributed by atoms with E-state index in [0.717, 1.165) is 30.3 Å². The first-order valence-electron chi connectivity index (χ1n) is 6.32. The highest BCUT2D eigenvalue weighted by Gasteiger charge is 2.21. The summed E-state index contributed by atoms with van der Waals surface area (Å²) < 4.78 is 2.10. The lowest BCUT2D eigenvalue weighted by Crippen LogP contribution is -2.19. The molecule has 0 aromatic carbocycles. The van der Waals surface area contributed by atoms with Crippen LogP contribution in [0.2, 0.25) is 0 Å². The van der Waals surface area contributed by atoms with Gasteiger partial charge in [0, 0.05) is 23.4 Å². The average molecular weight is 299 g/mol. The van der Waals surface area contributed by atoms with Crippen molar-refractivity contribution in [2.75, 3.05) is 5.33 Å². The van der Waals surface area contributed by atoms with Gasteiger partial charge in [-0.25, -0.2) is 0 Å². The van der Waals surface area contributed by atoms with Gasteiger partial charge in [-0.15, -0.1) is 6.58 Å². The number of hydrogen-bond donors (Lipinski definition) is 0. The van der Waals surface area contributed by atoms with E-state index in [1.54, 1.807) is 0 Å². The number of halogens is 1. The van der Waals surface area contributed by atoms with Crippen LogP contribution in [0.3, 0.4) is 0 Å². The van der Waals surface area contributed by atoms with Crippen molar-refractivity contribution in [1.29, 1.82) is 0 Å². The van der Waals surface area contributed by atoms with E-state index in [9.17, 15) is 0 Å². The molecule has 0 saturated carbocycles. The number of nitrogens with zero attached hydrogens (tertiary/aromatic N) is 2. The van der Waals surface area contributed by atoms with Crippen LogP contribution < -0.4 is 0 Å². The van der Waals surface area contributed by atoms with E-state index in [2.05, 4.69) is 65.3 Å². The molecule has 96 valence electrons. The predicted octanol–water partition coefficient (Wildman–Crippen LogP) is 4.37. The molecule has 0 N–H and O–H groups in total. The molecule has 0 radical (unpaired) electrons. The van der Waals surface area contributed by atoms with E-state index in [0.29, 0.717) is 6.04 Å². The highest BCUT2D eigenvalue weighted by Crippen LogP contribution is 2.26. The summed E-state index contributed by atoms with van der Waals surface area (Å²) in [5.41, 5.74) is 1.24. The predicted molar refractivity (Wildman–Crippen MR) is 77.6 cm³/mol. The average Bonchev–Trinajstić information content (AvgIpc) is 2.79. The van der Waals surface area contributed by atoms with Gasteiger partial charge in [-0.1, -0.05) is 42.8 Å². The van der Waals surface area contributed by atoms with Crippen LogP contribution in [-0.2, 0) is 6.42 Å². The van der Waals surface area contributed by atoms with Crippen LogP contribution in [0.4, 0.5) is 0 Å². The lowest BCUT2D eigenvalue weighted by atomic mass is 9.88. The Labute approximate surface area is 113 Å². The van der Waals surface area contributed by atoms with Gasteiger partial charge in [0.1, 0.15) is 0 Å². The van der Waals surface area contributed by atoms with Crippen molar-refractivity contribution in [3.05, 3.63) is 30.6 Å². The molecule has 1 rings (SSSR count). The topological polar surface area (TPSA) is 17.8 Å². The monoisotopic (exact) mass is 298 g/mol. The Hall–Kier alpha value is -0.570. The molecule has 0 amide bonds. The van der Waals surface area contributed by atoms with Crippen LogP contribution >= 0.6 is 15.9 Å². The standard InChI is InChI=1S/C14H23BrN2/c1-5-13(6-2)17-9-8-12(16-17)10-14(4,7-3)11-15/h7-9,13H,3,5-6,10-11H2,1-2,4H3. The van der Waals surface area contributed by atoms with Crippen molar-refractivity contribution in [3.8, 4) is 0 Å². The summed E-state index contributed by atoms with van der Waals surface area (Å²) in [6.45, 7) is 10.5. The first-order valence-corrected chi connectivity index (χ1v) is 7.44. The van der Waals surface area contributed by atoms with Gasteiger partial charge in [-0.05, 0) is 18.9 Å². The number of rotatable bonds is 7. The Morgan fingerprint density at radius 2 is 2.18 bits per heavy atom. The second-order valence-electron chi connectivity index (χ2n) is 4.93. The minimum atomic E-state index is 0.0904. The quantitative estimate of drug-likeness (QED) is 0.540. The van der Waals surface area contributed by atoms with Crippen molar-refractivity contribution < 1.29 is 0 Å². The number of hydrogen-bond acceptors (Lipinski definition) is 1. The van der Waals surface area contributed by atoms with Crippen molar-refractivity contribution in [3.63, 3.8) is 0 Å². The van der Waals surface area contributed by atoms with E-state index in [1.807, 2.05) is 6.08 Å². The minimum Gasteiger partial charge on any atom is -0.269 e. The molecule has 1 heterocycles. The highest BCUT2D eigenvalue weighted by atomic mass is 79.9. The summed E-state index contributed by atoms with van der Waals surface area (Å²) in [6.07, 6.45) is 7.32. The molecule has 0 aliphatic carbocycles.